The fraction of sp³-hybridized carbons (Fsp3) is 0.375. The van der Waals surface area contributed by atoms with Crippen LogP contribution in [0.25, 0.3) is 0 Å². The molecule has 2 heterocycles. The first-order valence-corrected chi connectivity index (χ1v) is 9.25. The molecule has 3 rings (SSSR count). The Bertz CT molecular complexity index is 816. The van der Waals surface area contributed by atoms with Crippen molar-refractivity contribution in [3.63, 3.8) is 0 Å². The van der Waals surface area contributed by atoms with E-state index in [2.05, 4.69) is 15.3 Å². The van der Waals surface area contributed by atoms with Crippen LogP contribution >= 0.6 is 0 Å². The number of ether oxygens (including phenoxy) is 1. The van der Waals surface area contributed by atoms with Gasteiger partial charge in [-0.25, -0.2) is 23.5 Å². The first-order chi connectivity index (χ1) is 11.4. The van der Waals surface area contributed by atoms with E-state index in [4.69, 9.17) is 9.88 Å². The third-order valence-corrected chi connectivity index (χ3v) is 4.86. The van der Waals surface area contributed by atoms with Crippen molar-refractivity contribution < 1.29 is 13.2 Å². The molecule has 0 unspecified atom stereocenters. The van der Waals surface area contributed by atoms with E-state index in [-0.39, 0.29) is 4.90 Å². The van der Waals surface area contributed by atoms with E-state index in [0.717, 1.165) is 30.1 Å². The Morgan fingerprint density at radius 1 is 1.29 bits per heavy atom. The van der Waals surface area contributed by atoms with Gasteiger partial charge < -0.3 is 10.1 Å². The van der Waals surface area contributed by atoms with Gasteiger partial charge in [0.2, 0.25) is 10.0 Å². The normalized spacial score (nSPS) is 17.8. The van der Waals surface area contributed by atoms with Crippen molar-refractivity contribution in [3.8, 4) is 0 Å². The summed E-state index contributed by atoms with van der Waals surface area (Å²) in [6.45, 7) is 3.87. The van der Waals surface area contributed by atoms with Gasteiger partial charge in [-0.2, -0.15) is 0 Å². The molecule has 1 aromatic carbocycles. The Labute approximate surface area is 141 Å². The Morgan fingerprint density at radius 2 is 2.04 bits per heavy atom. The van der Waals surface area contributed by atoms with Crippen molar-refractivity contribution in [2.24, 2.45) is 5.14 Å². The van der Waals surface area contributed by atoms with E-state index >= 15 is 0 Å². The predicted molar refractivity (Wildman–Crippen MR) is 90.1 cm³/mol. The zero-order valence-electron chi connectivity index (χ0n) is 13.4. The lowest BCUT2D eigenvalue weighted by Crippen LogP contribution is -2.12. The van der Waals surface area contributed by atoms with E-state index in [9.17, 15) is 8.42 Å². The van der Waals surface area contributed by atoms with Crippen LogP contribution in [-0.2, 0) is 21.3 Å². The largest absolute Gasteiger partial charge is 0.381 e. The van der Waals surface area contributed by atoms with Crippen molar-refractivity contribution in [2.45, 2.75) is 30.7 Å². The zero-order valence-corrected chi connectivity index (χ0v) is 14.2. The maximum atomic E-state index is 11.3. The van der Waals surface area contributed by atoms with Crippen LogP contribution in [-0.4, -0.2) is 31.6 Å². The molecular weight excluding hydrogens is 328 g/mol. The first-order valence-electron chi connectivity index (χ1n) is 7.71. The van der Waals surface area contributed by atoms with Gasteiger partial charge in [0.05, 0.1) is 17.2 Å². The monoisotopic (exact) mass is 348 g/mol. The number of aryl methyl sites for hydroxylation is 1. The molecule has 1 saturated heterocycles. The number of nitrogens with zero attached hydrogens (tertiary/aromatic N) is 2. The van der Waals surface area contributed by atoms with Crippen LogP contribution < -0.4 is 10.5 Å². The fourth-order valence-corrected chi connectivity index (χ4v) is 3.16. The number of aromatic nitrogens is 2. The van der Waals surface area contributed by atoms with E-state index in [1.165, 1.54) is 12.1 Å². The van der Waals surface area contributed by atoms with Crippen LogP contribution in [0.15, 0.2) is 35.2 Å². The van der Waals surface area contributed by atoms with E-state index in [1.807, 2.05) is 13.0 Å². The topological polar surface area (TPSA) is 107 Å². The van der Waals surface area contributed by atoms with Gasteiger partial charge in [-0.3, -0.25) is 0 Å². The number of anilines is 1. The summed E-state index contributed by atoms with van der Waals surface area (Å²) < 4.78 is 27.9. The van der Waals surface area contributed by atoms with Crippen molar-refractivity contribution in [3.05, 3.63) is 47.4 Å². The number of hydrogen-bond acceptors (Lipinski definition) is 6. The average molecular weight is 348 g/mol. The van der Waals surface area contributed by atoms with E-state index in [1.54, 1.807) is 12.1 Å². The predicted octanol–water partition coefficient (Wildman–Crippen LogP) is 1.55. The average Bonchev–Trinajstić information content (AvgIpc) is 3.06. The van der Waals surface area contributed by atoms with Crippen LogP contribution in [0.1, 0.15) is 29.4 Å². The minimum absolute atomic E-state index is 0.104. The Balaban J connectivity index is 1.70. The van der Waals surface area contributed by atoms with E-state index < -0.39 is 10.0 Å². The van der Waals surface area contributed by atoms with Crippen LogP contribution in [0, 0.1) is 6.92 Å². The minimum atomic E-state index is -3.66. The summed E-state index contributed by atoms with van der Waals surface area (Å²) in [5.74, 6) is 1.78. The Morgan fingerprint density at radius 3 is 2.67 bits per heavy atom. The molecule has 0 spiro atoms. The molecule has 24 heavy (non-hydrogen) atoms. The molecule has 1 aliphatic rings. The third kappa shape index (κ3) is 4.08. The fourth-order valence-electron chi connectivity index (χ4n) is 2.65. The molecule has 7 nitrogen and oxygen atoms in total. The molecule has 2 aromatic rings. The second-order valence-corrected chi connectivity index (χ2v) is 7.39. The second-order valence-electron chi connectivity index (χ2n) is 5.83. The molecule has 3 N–H and O–H groups in total. The number of sulfonamides is 1. The summed E-state index contributed by atoms with van der Waals surface area (Å²) in [4.78, 5) is 9.00. The minimum Gasteiger partial charge on any atom is -0.381 e. The molecular formula is C16H20N4O3S. The molecule has 8 heteroatoms. The van der Waals surface area contributed by atoms with Gasteiger partial charge in [-0.05, 0) is 31.0 Å². The molecule has 0 aliphatic carbocycles. The summed E-state index contributed by atoms with van der Waals surface area (Å²) in [5.41, 5.74) is 1.93. The van der Waals surface area contributed by atoms with Gasteiger partial charge in [0.15, 0.2) is 0 Å². The van der Waals surface area contributed by atoms with Crippen molar-refractivity contribution in [1.82, 2.24) is 9.97 Å². The van der Waals surface area contributed by atoms with Crippen LogP contribution in [0.5, 0.6) is 0 Å². The van der Waals surface area contributed by atoms with Gasteiger partial charge in [-0.1, -0.05) is 12.1 Å². The first kappa shape index (κ1) is 16.8. The number of rotatable bonds is 5. The van der Waals surface area contributed by atoms with E-state index in [0.29, 0.717) is 24.9 Å². The third-order valence-electron chi connectivity index (χ3n) is 3.93. The summed E-state index contributed by atoms with van der Waals surface area (Å²) in [6.07, 6.45) is 0.977. The van der Waals surface area contributed by atoms with Gasteiger partial charge in [0.1, 0.15) is 11.6 Å². The molecule has 1 aliphatic heterocycles. The van der Waals surface area contributed by atoms with Crippen LogP contribution in [0.2, 0.25) is 0 Å². The number of benzene rings is 1. The highest BCUT2D eigenvalue weighted by molar-refractivity contribution is 7.89. The highest BCUT2D eigenvalue weighted by Gasteiger charge is 2.20. The van der Waals surface area contributed by atoms with Crippen LogP contribution in [0.4, 0.5) is 5.82 Å². The van der Waals surface area contributed by atoms with Gasteiger partial charge in [-0.15, -0.1) is 0 Å². The molecule has 128 valence electrons. The Hall–Kier alpha value is -2.03. The molecule has 0 saturated carbocycles. The van der Waals surface area contributed by atoms with Crippen molar-refractivity contribution >= 4 is 15.8 Å². The molecule has 1 fully saturated rings. The van der Waals surface area contributed by atoms with Crippen molar-refractivity contribution in [1.29, 1.82) is 0 Å². The number of primary sulfonamides is 1. The quantitative estimate of drug-likeness (QED) is 0.849. The molecule has 0 radical (unpaired) electrons. The lowest BCUT2D eigenvalue weighted by atomic mass is 10.0. The summed E-state index contributed by atoms with van der Waals surface area (Å²) in [7, 11) is -3.66. The molecule has 1 aromatic heterocycles. The number of nitrogens with two attached hydrogens (primary N) is 1. The highest BCUT2D eigenvalue weighted by atomic mass is 32.2. The lowest BCUT2D eigenvalue weighted by Gasteiger charge is -2.12. The summed E-state index contributed by atoms with van der Waals surface area (Å²) >= 11 is 0. The lowest BCUT2D eigenvalue weighted by molar-refractivity contribution is 0.193. The maximum Gasteiger partial charge on any atom is 0.238 e. The van der Waals surface area contributed by atoms with Crippen LogP contribution in [0.3, 0.4) is 0 Å². The Kier molecular flexibility index (Phi) is 4.79. The summed E-state index contributed by atoms with van der Waals surface area (Å²) in [5, 5.41) is 8.35. The number of hydrogen-bond donors (Lipinski definition) is 2. The number of nitrogens with one attached hydrogen (secondary N) is 1. The zero-order chi connectivity index (χ0) is 17.2. The van der Waals surface area contributed by atoms with Gasteiger partial charge in [0, 0.05) is 25.1 Å². The SMILES string of the molecule is Cc1nc(NCc2ccc(S(N)(=O)=O)cc2)cc([C@H]2CCOC2)n1. The van der Waals surface area contributed by atoms with Crippen molar-refractivity contribution in [2.75, 3.05) is 18.5 Å². The van der Waals surface area contributed by atoms with Gasteiger partial charge >= 0.3 is 0 Å². The smallest absolute Gasteiger partial charge is 0.238 e. The molecule has 0 amide bonds. The van der Waals surface area contributed by atoms with Gasteiger partial charge in [0.25, 0.3) is 0 Å². The molecule has 1 atom stereocenters. The molecule has 0 bridgehead atoms. The standard InChI is InChI=1S/C16H20N4O3S/c1-11-19-15(13-6-7-23-10-13)8-16(20-11)18-9-12-2-4-14(5-3-12)24(17,21)22/h2-5,8,13H,6-7,9-10H2,1H3,(H2,17,21,22)(H,18,19,20)/t13-/m0/s1. The summed E-state index contributed by atoms with van der Waals surface area (Å²) in [6, 6.07) is 8.40. The highest BCUT2D eigenvalue weighted by Crippen LogP contribution is 2.25. The maximum absolute atomic E-state index is 11.3. The second kappa shape index (κ2) is 6.84.